The Morgan fingerprint density at radius 2 is 2.05 bits per heavy atom. The first kappa shape index (κ1) is 15.2. The monoisotopic (exact) mass is 273 g/mol. The number of phenols is 1. The lowest BCUT2D eigenvalue weighted by molar-refractivity contribution is 0.159. The summed E-state index contributed by atoms with van der Waals surface area (Å²) in [5, 5.41) is 11.4. The molecule has 0 spiro atoms. The van der Waals surface area contributed by atoms with E-state index in [1.54, 1.807) is 0 Å². The zero-order valence-electron chi connectivity index (χ0n) is 10.7. The summed E-state index contributed by atoms with van der Waals surface area (Å²) < 4.78 is 30.6. The van der Waals surface area contributed by atoms with E-state index in [9.17, 15) is 18.7 Å². The van der Waals surface area contributed by atoms with Crippen LogP contribution >= 0.6 is 0 Å². The average Bonchev–Trinajstić information content (AvgIpc) is 2.39. The molecular weight excluding hydrogens is 256 g/mol. The largest absolute Gasteiger partial charge is 0.503 e. The van der Waals surface area contributed by atoms with Gasteiger partial charge in [-0.05, 0) is 18.6 Å². The van der Waals surface area contributed by atoms with Crippen LogP contribution in [0.4, 0.5) is 19.3 Å². The molecule has 0 unspecified atom stereocenters. The molecule has 0 aliphatic heterocycles. The summed E-state index contributed by atoms with van der Waals surface area (Å²) in [6.07, 6.45) is 3.03. The van der Waals surface area contributed by atoms with E-state index < -0.39 is 23.5 Å². The standard InChI is InChI=1S/C13H17F2NO3/c1-2-3-4-5-8-19-13(18)16-10-7-6-9(14)11(15)12(10)17/h6-7,17H,2-5,8H2,1H3,(H,16,18). The number of carbonyl (C=O) groups is 1. The van der Waals surface area contributed by atoms with Crippen LogP contribution in [-0.4, -0.2) is 17.8 Å². The predicted molar refractivity (Wildman–Crippen MR) is 67.1 cm³/mol. The first-order chi connectivity index (χ1) is 9.06. The second-order valence-electron chi connectivity index (χ2n) is 4.08. The molecule has 1 aromatic carbocycles. The third kappa shape index (κ3) is 4.73. The normalized spacial score (nSPS) is 10.3. The number of phenolic OH excluding ortho intramolecular Hbond substituents is 1. The fourth-order valence-corrected chi connectivity index (χ4v) is 1.48. The maximum atomic E-state index is 13.0. The number of amides is 1. The van der Waals surface area contributed by atoms with Crippen molar-refractivity contribution in [2.24, 2.45) is 0 Å². The van der Waals surface area contributed by atoms with Gasteiger partial charge in [-0.25, -0.2) is 9.18 Å². The Kier molecular flexibility index (Phi) is 6.05. The van der Waals surface area contributed by atoms with Gasteiger partial charge in [0.05, 0.1) is 12.3 Å². The number of rotatable bonds is 6. The summed E-state index contributed by atoms with van der Waals surface area (Å²) in [6.45, 7) is 2.32. The highest BCUT2D eigenvalue weighted by molar-refractivity contribution is 5.86. The molecule has 0 bridgehead atoms. The third-order valence-corrected chi connectivity index (χ3v) is 2.54. The van der Waals surface area contributed by atoms with E-state index in [0.717, 1.165) is 37.8 Å². The summed E-state index contributed by atoms with van der Waals surface area (Å²) in [6, 6.07) is 1.87. The Morgan fingerprint density at radius 1 is 1.32 bits per heavy atom. The summed E-state index contributed by atoms with van der Waals surface area (Å²) in [7, 11) is 0. The van der Waals surface area contributed by atoms with Crippen molar-refractivity contribution in [2.45, 2.75) is 32.6 Å². The van der Waals surface area contributed by atoms with Crippen LogP contribution in [0.3, 0.4) is 0 Å². The Morgan fingerprint density at radius 3 is 2.74 bits per heavy atom. The van der Waals surface area contributed by atoms with Gasteiger partial charge >= 0.3 is 6.09 Å². The number of halogens is 2. The van der Waals surface area contributed by atoms with Gasteiger partial charge in [0.2, 0.25) is 5.82 Å². The summed E-state index contributed by atoms with van der Waals surface area (Å²) >= 11 is 0. The average molecular weight is 273 g/mol. The summed E-state index contributed by atoms with van der Waals surface area (Å²) in [5.41, 5.74) is -0.225. The molecule has 0 saturated heterocycles. The van der Waals surface area contributed by atoms with Gasteiger partial charge in [0.25, 0.3) is 0 Å². The predicted octanol–water partition coefficient (Wildman–Crippen LogP) is 3.80. The van der Waals surface area contributed by atoms with E-state index in [1.165, 1.54) is 0 Å². The van der Waals surface area contributed by atoms with Crippen molar-refractivity contribution in [1.29, 1.82) is 0 Å². The lowest BCUT2D eigenvalue weighted by atomic mass is 10.2. The van der Waals surface area contributed by atoms with Crippen LogP contribution in [0.25, 0.3) is 0 Å². The summed E-state index contributed by atoms with van der Waals surface area (Å²) in [5.74, 6) is -3.53. The fraction of sp³-hybridized carbons (Fsp3) is 0.462. The molecule has 2 N–H and O–H groups in total. The van der Waals surface area contributed by atoms with Crippen LogP contribution < -0.4 is 5.32 Å². The van der Waals surface area contributed by atoms with Crippen LogP contribution in [0.5, 0.6) is 5.75 Å². The summed E-state index contributed by atoms with van der Waals surface area (Å²) in [4.78, 5) is 11.3. The molecule has 0 radical (unpaired) electrons. The topological polar surface area (TPSA) is 58.6 Å². The van der Waals surface area contributed by atoms with Gasteiger partial charge in [0.1, 0.15) is 0 Å². The van der Waals surface area contributed by atoms with E-state index in [2.05, 4.69) is 12.2 Å². The number of ether oxygens (including phenoxy) is 1. The number of unbranched alkanes of at least 4 members (excludes halogenated alkanes) is 3. The Hall–Kier alpha value is -1.85. The highest BCUT2D eigenvalue weighted by Crippen LogP contribution is 2.28. The molecule has 4 nitrogen and oxygen atoms in total. The van der Waals surface area contributed by atoms with Crippen LogP contribution in [-0.2, 0) is 4.74 Å². The first-order valence-electron chi connectivity index (χ1n) is 6.17. The lowest BCUT2D eigenvalue weighted by Crippen LogP contribution is -2.14. The van der Waals surface area contributed by atoms with Crippen LogP contribution in [0.2, 0.25) is 0 Å². The number of benzene rings is 1. The minimum absolute atomic E-state index is 0.225. The molecule has 0 aliphatic carbocycles. The van der Waals surface area contributed by atoms with Gasteiger partial charge in [-0.15, -0.1) is 0 Å². The van der Waals surface area contributed by atoms with Gasteiger partial charge in [0.15, 0.2) is 11.6 Å². The zero-order chi connectivity index (χ0) is 14.3. The molecule has 1 rings (SSSR count). The van der Waals surface area contributed by atoms with Crippen molar-refractivity contribution in [3.8, 4) is 5.75 Å². The fourth-order valence-electron chi connectivity index (χ4n) is 1.48. The van der Waals surface area contributed by atoms with Crippen molar-refractivity contribution in [3.63, 3.8) is 0 Å². The second-order valence-corrected chi connectivity index (χ2v) is 4.08. The molecule has 0 heterocycles. The Bertz CT molecular complexity index is 438. The maximum Gasteiger partial charge on any atom is 0.411 e. The number of hydrogen-bond donors (Lipinski definition) is 2. The number of hydrogen-bond acceptors (Lipinski definition) is 3. The van der Waals surface area contributed by atoms with E-state index in [1.807, 2.05) is 0 Å². The van der Waals surface area contributed by atoms with Gasteiger partial charge in [-0.3, -0.25) is 5.32 Å². The molecule has 0 saturated carbocycles. The number of carbonyl (C=O) groups excluding carboxylic acids is 1. The molecular formula is C13H17F2NO3. The molecule has 19 heavy (non-hydrogen) atoms. The quantitative estimate of drug-likeness (QED) is 0.612. The van der Waals surface area contributed by atoms with Gasteiger partial charge < -0.3 is 9.84 Å². The van der Waals surface area contributed by atoms with Crippen molar-refractivity contribution >= 4 is 11.8 Å². The van der Waals surface area contributed by atoms with E-state index in [-0.39, 0.29) is 12.3 Å². The molecule has 0 fully saturated rings. The highest BCUT2D eigenvalue weighted by Gasteiger charge is 2.14. The van der Waals surface area contributed by atoms with E-state index >= 15 is 0 Å². The van der Waals surface area contributed by atoms with Crippen molar-refractivity contribution < 1.29 is 23.4 Å². The molecule has 0 aromatic heterocycles. The van der Waals surface area contributed by atoms with Crippen LogP contribution in [0.15, 0.2) is 12.1 Å². The minimum atomic E-state index is -1.40. The zero-order valence-corrected chi connectivity index (χ0v) is 10.7. The molecule has 106 valence electrons. The Balaban J connectivity index is 2.42. The Labute approximate surface area is 110 Å². The molecule has 6 heteroatoms. The van der Waals surface area contributed by atoms with Gasteiger partial charge in [0, 0.05) is 0 Å². The first-order valence-corrected chi connectivity index (χ1v) is 6.17. The van der Waals surface area contributed by atoms with Gasteiger partial charge in [-0.2, -0.15) is 4.39 Å². The van der Waals surface area contributed by atoms with Crippen LogP contribution in [0.1, 0.15) is 32.6 Å². The molecule has 1 aromatic rings. The van der Waals surface area contributed by atoms with E-state index in [4.69, 9.17) is 4.74 Å². The van der Waals surface area contributed by atoms with E-state index in [0.29, 0.717) is 0 Å². The van der Waals surface area contributed by atoms with Crippen molar-refractivity contribution in [1.82, 2.24) is 0 Å². The number of nitrogens with one attached hydrogen (secondary N) is 1. The number of aromatic hydroxyl groups is 1. The molecule has 0 aliphatic rings. The molecule has 1 amide bonds. The van der Waals surface area contributed by atoms with Crippen molar-refractivity contribution in [3.05, 3.63) is 23.8 Å². The maximum absolute atomic E-state index is 13.0. The van der Waals surface area contributed by atoms with Crippen molar-refractivity contribution in [2.75, 3.05) is 11.9 Å². The van der Waals surface area contributed by atoms with Crippen LogP contribution in [0, 0.1) is 11.6 Å². The third-order valence-electron chi connectivity index (χ3n) is 2.54. The highest BCUT2D eigenvalue weighted by atomic mass is 19.2. The SMILES string of the molecule is CCCCCCOC(=O)Nc1ccc(F)c(F)c1O. The van der Waals surface area contributed by atoms with Gasteiger partial charge in [-0.1, -0.05) is 26.2 Å². The lowest BCUT2D eigenvalue weighted by Gasteiger charge is -2.09. The second kappa shape index (κ2) is 7.56. The number of anilines is 1. The minimum Gasteiger partial charge on any atom is -0.503 e. The smallest absolute Gasteiger partial charge is 0.411 e. The molecule has 0 atom stereocenters.